The zero-order valence-electron chi connectivity index (χ0n) is 15.8. The predicted molar refractivity (Wildman–Crippen MR) is 110 cm³/mol. The molecule has 0 saturated heterocycles. The fourth-order valence-electron chi connectivity index (χ4n) is 2.80. The number of thioether (sulfide) groups is 1. The smallest absolute Gasteiger partial charge is 0.262 e. The first-order chi connectivity index (χ1) is 12.5. The van der Waals surface area contributed by atoms with E-state index in [9.17, 15) is 4.79 Å². The molecule has 0 atom stereocenters. The molecule has 0 radical (unpaired) electrons. The van der Waals surface area contributed by atoms with Crippen LogP contribution >= 0.6 is 11.8 Å². The Hall–Kier alpha value is -2.11. The third kappa shape index (κ3) is 4.17. The zero-order valence-corrected chi connectivity index (χ0v) is 16.6. The molecular weight excluding hydrogens is 342 g/mol. The summed E-state index contributed by atoms with van der Waals surface area (Å²) in [6.07, 6.45) is 0. The number of aryl methyl sites for hydroxylation is 2. The van der Waals surface area contributed by atoms with Gasteiger partial charge in [0, 0.05) is 18.8 Å². The summed E-state index contributed by atoms with van der Waals surface area (Å²) in [5, 5.41) is 1.47. The first kappa shape index (κ1) is 18.7. The Morgan fingerprint density at radius 2 is 1.85 bits per heavy atom. The SMILES string of the molecule is Cc1ccc(CSc2nc3ccccc3c(=O)n2CCN(C)C)cc1C. The molecule has 26 heavy (non-hydrogen) atoms. The predicted octanol–water partition coefficient (Wildman–Crippen LogP) is 3.87. The van der Waals surface area contributed by atoms with Crippen LogP contribution in [0.15, 0.2) is 52.4 Å². The minimum absolute atomic E-state index is 0.0417. The number of nitrogens with zero attached hydrogens (tertiary/aromatic N) is 3. The summed E-state index contributed by atoms with van der Waals surface area (Å²) < 4.78 is 1.81. The lowest BCUT2D eigenvalue weighted by molar-refractivity contribution is 0.371. The third-order valence-electron chi connectivity index (χ3n) is 4.54. The van der Waals surface area contributed by atoms with Crippen molar-refractivity contribution in [2.24, 2.45) is 0 Å². The summed E-state index contributed by atoms with van der Waals surface area (Å²) in [6.45, 7) is 5.69. The average molecular weight is 368 g/mol. The molecular formula is C21H25N3OS. The molecule has 0 spiro atoms. The first-order valence-electron chi connectivity index (χ1n) is 8.79. The molecule has 0 N–H and O–H groups in total. The first-order valence-corrected chi connectivity index (χ1v) is 9.77. The molecule has 4 nitrogen and oxygen atoms in total. The molecule has 0 aliphatic rings. The molecule has 136 valence electrons. The summed E-state index contributed by atoms with van der Waals surface area (Å²) in [4.78, 5) is 19.8. The highest BCUT2D eigenvalue weighted by Crippen LogP contribution is 2.23. The number of likely N-dealkylation sites (N-methyl/N-ethyl adjacent to an activating group) is 1. The number of fused-ring (bicyclic) bond motifs is 1. The lowest BCUT2D eigenvalue weighted by Gasteiger charge is -2.16. The highest BCUT2D eigenvalue weighted by Gasteiger charge is 2.12. The number of para-hydroxylation sites is 1. The summed E-state index contributed by atoms with van der Waals surface area (Å²) in [7, 11) is 4.03. The number of rotatable bonds is 6. The van der Waals surface area contributed by atoms with Gasteiger partial charge in [0.2, 0.25) is 0 Å². The zero-order chi connectivity index (χ0) is 18.7. The van der Waals surface area contributed by atoms with Crippen LogP contribution in [-0.2, 0) is 12.3 Å². The summed E-state index contributed by atoms with van der Waals surface area (Å²) in [5.74, 6) is 0.799. The highest BCUT2D eigenvalue weighted by molar-refractivity contribution is 7.98. The largest absolute Gasteiger partial charge is 0.308 e. The van der Waals surface area contributed by atoms with E-state index in [0.29, 0.717) is 11.9 Å². The van der Waals surface area contributed by atoms with Crippen molar-refractivity contribution in [1.29, 1.82) is 0 Å². The summed E-state index contributed by atoms with van der Waals surface area (Å²) in [6, 6.07) is 14.1. The van der Waals surface area contributed by atoms with E-state index in [-0.39, 0.29) is 5.56 Å². The van der Waals surface area contributed by atoms with Crippen molar-refractivity contribution in [3.05, 3.63) is 69.5 Å². The maximum atomic E-state index is 13.0. The quantitative estimate of drug-likeness (QED) is 0.490. The Kier molecular flexibility index (Phi) is 5.79. The van der Waals surface area contributed by atoms with Gasteiger partial charge in [0.25, 0.3) is 5.56 Å². The second kappa shape index (κ2) is 8.06. The maximum absolute atomic E-state index is 13.0. The molecule has 0 unspecified atom stereocenters. The fraction of sp³-hybridized carbons (Fsp3) is 0.333. The van der Waals surface area contributed by atoms with Gasteiger partial charge in [0.15, 0.2) is 5.16 Å². The van der Waals surface area contributed by atoms with E-state index in [1.807, 2.05) is 42.9 Å². The molecule has 3 aromatic rings. The van der Waals surface area contributed by atoms with Gasteiger partial charge in [-0.3, -0.25) is 9.36 Å². The molecule has 0 amide bonds. The van der Waals surface area contributed by atoms with Crippen molar-refractivity contribution in [2.75, 3.05) is 20.6 Å². The molecule has 1 heterocycles. The Balaban J connectivity index is 1.95. The van der Waals surface area contributed by atoms with Crippen LogP contribution in [0.2, 0.25) is 0 Å². The van der Waals surface area contributed by atoms with Crippen LogP contribution in [0.4, 0.5) is 0 Å². The van der Waals surface area contributed by atoms with Gasteiger partial charge < -0.3 is 4.90 Å². The molecule has 0 saturated carbocycles. The lowest BCUT2D eigenvalue weighted by atomic mass is 10.1. The molecule has 5 heteroatoms. The average Bonchev–Trinajstić information content (AvgIpc) is 2.62. The number of aromatic nitrogens is 2. The summed E-state index contributed by atoms with van der Waals surface area (Å²) >= 11 is 1.63. The Labute approximate surface area is 158 Å². The molecule has 0 aliphatic heterocycles. The maximum Gasteiger partial charge on any atom is 0.262 e. The van der Waals surface area contributed by atoms with Crippen molar-refractivity contribution in [1.82, 2.24) is 14.5 Å². The Morgan fingerprint density at radius 3 is 2.58 bits per heavy atom. The second-order valence-electron chi connectivity index (χ2n) is 6.88. The van der Waals surface area contributed by atoms with Gasteiger partial charge in [-0.05, 0) is 56.8 Å². The van der Waals surface area contributed by atoms with Crippen molar-refractivity contribution in [2.45, 2.75) is 31.3 Å². The molecule has 0 fully saturated rings. The van der Waals surface area contributed by atoms with E-state index < -0.39 is 0 Å². The van der Waals surface area contributed by atoms with Gasteiger partial charge in [0.1, 0.15) is 0 Å². The van der Waals surface area contributed by atoms with Gasteiger partial charge in [-0.25, -0.2) is 4.98 Å². The van der Waals surface area contributed by atoms with Crippen LogP contribution < -0.4 is 5.56 Å². The van der Waals surface area contributed by atoms with Crippen LogP contribution in [0.3, 0.4) is 0 Å². The van der Waals surface area contributed by atoms with Crippen LogP contribution in [-0.4, -0.2) is 35.1 Å². The number of benzene rings is 2. The Morgan fingerprint density at radius 1 is 1.08 bits per heavy atom. The van der Waals surface area contributed by atoms with Crippen molar-refractivity contribution >= 4 is 22.7 Å². The number of hydrogen-bond acceptors (Lipinski definition) is 4. The molecule has 0 aliphatic carbocycles. The molecule has 0 bridgehead atoms. The number of hydrogen-bond donors (Lipinski definition) is 0. The van der Waals surface area contributed by atoms with E-state index in [2.05, 4.69) is 36.9 Å². The van der Waals surface area contributed by atoms with Crippen LogP contribution in [0, 0.1) is 13.8 Å². The van der Waals surface area contributed by atoms with E-state index in [4.69, 9.17) is 4.98 Å². The third-order valence-corrected chi connectivity index (χ3v) is 5.58. The van der Waals surface area contributed by atoms with Gasteiger partial charge >= 0.3 is 0 Å². The van der Waals surface area contributed by atoms with Crippen molar-refractivity contribution < 1.29 is 0 Å². The normalized spacial score (nSPS) is 11.4. The Bertz CT molecular complexity index is 979. The van der Waals surface area contributed by atoms with E-state index in [1.54, 1.807) is 11.8 Å². The molecule has 2 aromatic carbocycles. The van der Waals surface area contributed by atoms with Crippen molar-refractivity contribution in [3.63, 3.8) is 0 Å². The van der Waals surface area contributed by atoms with E-state index in [0.717, 1.165) is 23.0 Å². The lowest BCUT2D eigenvalue weighted by Crippen LogP contribution is -2.28. The highest BCUT2D eigenvalue weighted by atomic mass is 32.2. The standard InChI is InChI=1S/C21H25N3OS/c1-15-9-10-17(13-16(15)2)14-26-21-22-19-8-6-5-7-18(19)20(25)24(21)12-11-23(3)4/h5-10,13H,11-12,14H2,1-4H3. The second-order valence-corrected chi connectivity index (χ2v) is 7.82. The topological polar surface area (TPSA) is 38.1 Å². The van der Waals surface area contributed by atoms with Gasteiger partial charge in [-0.15, -0.1) is 0 Å². The van der Waals surface area contributed by atoms with E-state index in [1.165, 1.54) is 16.7 Å². The molecule has 1 aromatic heterocycles. The van der Waals surface area contributed by atoms with Crippen LogP contribution in [0.25, 0.3) is 10.9 Å². The van der Waals surface area contributed by atoms with Gasteiger partial charge in [-0.2, -0.15) is 0 Å². The van der Waals surface area contributed by atoms with Gasteiger partial charge in [-0.1, -0.05) is 42.1 Å². The van der Waals surface area contributed by atoms with E-state index >= 15 is 0 Å². The van der Waals surface area contributed by atoms with Crippen molar-refractivity contribution in [3.8, 4) is 0 Å². The monoisotopic (exact) mass is 367 g/mol. The minimum atomic E-state index is 0.0417. The van der Waals surface area contributed by atoms with Crippen LogP contribution in [0.5, 0.6) is 0 Å². The molecule has 3 rings (SSSR count). The van der Waals surface area contributed by atoms with Crippen LogP contribution in [0.1, 0.15) is 16.7 Å². The summed E-state index contributed by atoms with van der Waals surface area (Å²) in [5.41, 5.74) is 4.64. The fourth-order valence-corrected chi connectivity index (χ4v) is 3.76. The van der Waals surface area contributed by atoms with Gasteiger partial charge in [0.05, 0.1) is 10.9 Å². The minimum Gasteiger partial charge on any atom is -0.308 e.